The number of hydrogen-bond acceptors (Lipinski definition) is 5. The topological polar surface area (TPSA) is 77.0 Å². The average Bonchev–Trinajstić information content (AvgIpc) is 2.34. The van der Waals surface area contributed by atoms with Crippen LogP contribution in [-0.2, 0) is 14.3 Å². The van der Waals surface area contributed by atoms with E-state index in [1.807, 2.05) is 0 Å². The molecule has 1 N–H and O–H groups in total. The van der Waals surface area contributed by atoms with Crippen molar-refractivity contribution < 1.29 is 19.1 Å². The summed E-state index contributed by atoms with van der Waals surface area (Å²) in [6, 6.07) is 0. The van der Waals surface area contributed by atoms with Crippen LogP contribution in [0.15, 0.2) is 29.4 Å². The monoisotopic (exact) mass is 296 g/mol. The second kappa shape index (κ2) is 8.94. The molecule has 0 heterocycles. The van der Waals surface area contributed by atoms with Crippen molar-refractivity contribution in [3.05, 3.63) is 24.4 Å². The number of aliphatic imine (C=N–C) groups is 1. The van der Waals surface area contributed by atoms with Crippen molar-refractivity contribution in [2.24, 2.45) is 4.99 Å². The molecule has 1 amide bonds. The van der Waals surface area contributed by atoms with Gasteiger partial charge in [0.15, 0.2) is 0 Å². The molecule has 0 rings (SSSR count). The highest BCUT2D eigenvalue weighted by atomic mass is 16.6. The van der Waals surface area contributed by atoms with Crippen LogP contribution in [0.1, 0.15) is 41.0 Å². The number of carbonyl (C=O) groups is 2. The summed E-state index contributed by atoms with van der Waals surface area (Å²) in [6.45, 7) is 12.6. The summed E-state index contributed by atoms with van der Waals surface area (Å²) in [5.74, 6) is -0.170. The van der Waals surface area contributed by atoms with Gasteiger partial charge in [0, 0.05) is 5.70 Å². The van der Waals surface area contributed by atoms with Crippen LogP contribution in [0.25, 0.3) is 0 Å². The van der Waals surface area contributed by atoms with Gasteiger partial charge in [0.1, 0.15) is 11.4 Å². The Labute approximate surface area is 125 Å². The van der Waals surface area contributed by atoms with E-state index >= 15 is 0 Å². The van der Waals surface area contributed by atoms with Crippen LogP contribution in [0, 0.1) is 0 Å². The molecule has 6 nitrogen and oxygen atoms in total. The van der Waals surface area contributed by atoms with Crippen molar-refractivity contribution in [3.8, 4) is 0 Å². The van der Waals surface area contributed by atoms with E-state index in [9.17, 15) is 9.59 Å². The maximum atomic E-state index is 11.6. The Bertz CT molecular complexity index is 445. The Kier molecular flexibility index (Phi) is 8.04. The Morgan fingerprint density at radius 1 is 1.33 bits per heavy atom. The number of esters is 1. The van der Waals surface area contributed by atoms with Crippen LogP contribution < -0.4 is 5.32 Å². The second-order valence-electron chi connectivity index (χ2n) is 5.09. The lowest BCUT2D eigenvalue weighted by Gasteiger charge is -2.19. The smallest absolute Gasteiger partial charge is 0.413 e. The minimum absolute atomic E-state index is 0.0255. The van der Waals surface area contributed by atoms with Crippen LogP contribution in [0.4, 0.5) is 4.79 Å². The summed E-state index contributed by atoms with van der Waals surface area (Å²) in [7, 11) is 0. The summed E-state index contributed by atoms with van der Waals surface area (Å²) >= 11 is 0. The number of alkyl carbamates (subject to hydrolysis) is 1. The molecule has 0 radical (unpaired) electrons. The molecule has 6 heteroatoms. The third kappa shape index (κ3) is 9.43. The lowest BCUT2D eigenvalue weighted by atomic mass is 10.2. The van der Waals surface area contributed by atoms with Crippen molar-refractivity contribution in [1.82, 2.24) is 5.32 Å². The van der Waals surface area contributed by atoms with Crippen molar-refractivity contribution in [2.75, 3.05) is 6.61 Å². The van der Waals surface area contributed by atoms with E-state index in [2.05, 4.69) is 16.9 Å². The molecule has 0 aliphatic carbocycles. The lowest BCUT2D eigenvalue weighted by Crippen LogP contribution is -2.35. The zero-order valence-corrected chi connectivity index (χ0v) is 13.4. The molecule has 0 aromatic heterocycles. The van der Waals surface area contributed by atoms with Crippen LogP contribution in [-0.4, -0.2) is 30.1 Å². The van der Waals surface area contributed by atoms with Crippen molar-refractivity contribution in [2.45, 2.75) is 46.6 Å². The summed E-state index contributed by atoms with van der Waals surface area (Å²) in [5, 5.41) is 2.47. The molecule has 0 aromatic carbocycles. The fourth-order valence-electron chi connectivity index (χ4n) is 1.25. The predicted octanol–water partition coefficient (Wildman–Crippen LogP) is 2.95. The van der Waals surface area contributed by atoms with E-state index in [0.29, 0.717) is 12.3 Å². The van der Waals surface area contributed by atoms with Gasteiger partial charge in [0.2, 0.25) is 0 Å². The first-order chi connectivity index (χ1) is 9.71. The Morgan fingerprint density at radius 2 is 1.95 bits per heavy atom. The van der Waals surface area contributed by atoms with E-state index in [4.69, 9.17) is 9.47 Å². The molecule has 0 atom stereocenters. The van der Waals surface area contributed by atoms with Gasteiger partial charge >= 0.3 is 12.1 Å². The molecule has 0 saturated carbocycles. The van der Waals surface area contributed by atoms with Crippen LogP contribution in [0.5, 0.6) is 0 Å². The first-order valence-corrected chi connectivity index (χ1v) is 6.73. The number of carbonyl (C=O) groups excluding carboxylic acids is 2. The first-order valence-electron chi connectivity index (χ1n) is 6.73. The highest BCUT2D eigenvalue weighted by Gasteiger charge is 2.17. The molecular formula is C15H24N2O4. The van der Waals surface area contributed by atoms with Gasteiger partial charge < -0.3 is 9.47 Å². The number of nitrogens with zero attached hydrogens (tertiary/aromatic N) is 1. The fourth-order valence-corrected chi connectivity index (χ4v) is 1.25. The molecule has 0 unspecified atom stereocenters. The fraction of sp³-hybridized carbons (Fsp3) is 0.533. The molecule has 0 aromatic rings. The molecule has 0 fully saturated rings. The number of amides is 1. The van der Waals surface area contributed by atoms with Gasteiger partial charge in [-0.1, -0.05) is 12.7 Å². The second-order valence-corrected chi connectivity index (χ2v) is 5.09. The Balaban J connectivity index is 4.79. The van der Waals surface area contributed by atoms with E-state index in [0.717, 1.165) is 0 Å². The zero-order valence-electron chi connectivity index (χ0n) is 13.4. The van der Waals surface area contributed by atoms with Gasteiger partial charge in [-0.2, -0.15) is 0 Å². The minimum Gasteiger partial charge on any atom is -0.466 e. The van der Waals surface area contributed by atoms with Crippen molar-refractivity contribution in [3.63, 3.8) is 0 Å². The zero-order chi connectivity index (χ0) is 16.5. The quantitative estimate of drug-likeness (QED) is 0.480. The van der Waals surface area contributed by atoms with Gasteiger partial charge in [-0.25, -0.2) is 9.79 Å². The standard InChI is InChI=1S/C15H24N2O4/c1-7-11(10-13(18)20-9-3)16-12(8-2)17-14(19)21-15(4,5)6/h7-8H,2,9-10H2,1,3-6H3,(H,16,17,19)/b11-7-. The molecule has 21 heavy (non-hydrogen) atoms. The van der Waals surface area contributed by atoms with Gasteiger partial charge in [0.05, 0.1) is 13.0 Å². The van der Waals surface area contributed by atoms with E-state index in [1.54, 1.807) is 40.7 Å². The average molecular weight is 296 g/mol. The molecular weight excluding hydrogens is 272 g/mol. The highest BCUT2D eigenvalue weighted by Crippen LogP contribution is 2.08. The highest BCUT2D eigenvalue weighted by molar-refractivity contribution is 6.02. The summed E-state index contributed by atoms with van der Waals surface area (Å²) < 4.78 is 9.96. The minimum atomic E-state index is -0.632. The Hall–Kier alpha value is -2.11. The maximum absolute atomic E-state index is 11.6. The van der Waals surface area contributed by atoms with Gasteiger partial charge in [-0.05, 0) is 40.7 Å². The van der Waals surface area contributed by atoms with E-state index < -0.39 is 11.7 Å². The van der Waals surface area contributed by atoms with Gasteiger partial charge in [-0.15, -0.1) is 0 Å². The first kappa shape index (κ1) is 18.9. The number of ether oxygens (including phenoxy) is 2. The number of amidine groups is 1. The molecule has 0 bridgehead atoms. The van der Waals surface area contributed by atoms with Gasteiger partial charge in [0.25, 0.3) is 0 Å². The third-order valence-corrected chi connectivity index (χ3v) is 2.05. The van der Waals surface area contributed by atoms with Crippen LogP contribution in [0.2, 0.25) is 0 Å². The Morgan fingerprint density at radius 3 is 2.38 bits per heavy atom. The SMILES string of the molecule is C=CC(=N/C(=C\C)CC(=O)OCC)NC(=O)OC(C)(C)C. The summed E-state index contributed by atoms with van der Waals surface area (Å²) in [5.41, 5.74) is -0.135. The van der Waals surface area contributed by atoms with Crippen LogP contribution in [0.3, 0.4) is 0 Å². The molecule has 0 aliphatic heterocycles. The largest absolute Gasteiger partial charge is 0.466 e. The number of allylic oxidation sites excluding steroid dienone is 1. The molecule has 118 valence electrons. The predicted molar refractivity (Wildman–Crippen MR) is 82.0 cm³/mol. The molecule has 0 spiro atoms. The lowest BCUT2D eigenvalue weighted by molar-refractivity contribution is -0.142. The summed E-state index contributed by atoms with van der Waals surface area (Å²) in [6.07, 6.45) is 2.43. The van der Waals surface area contributed by atoms with Gasteiger partial charge in [-0.3, -0.25) is 10.1 Å². The summed E-state index contributed by atoms with van der Waals surface area (Å²) in [4.78, 5) is 27.2. The van der Waals surface area contributed by atoms with Crippen molar-refractivity contribution in [1.29, 1.82) is 0 Å². The number of rotatable bonds is 5. The number of nitrogens with one attached hydrogen (secondary N) is 1. The normalized spacial score (nSPS) is 12.6. The van der Waals surface area contributed by atoms with E-state index in [-0.39, 0.29) is 18.2 Å². The molecule has 0 saturated heterocycles. The van der Waals surface area contributed by atoms with Crippen LogP contribution >= 0.6 is 0 Å². The number of hydrogen-bond donors (Lipinski definition) is 1. The maximum Gasteiger partial charge on any atom is 0.413 e. The third-order valence-electron chi connectivity index (χ3n) is 2.05. The van der Waals surface area contributed by atoms with E-state index in [1.165, 1.54) is 6.08 Å². The van der Waals surface area contributed by atoms with Crippen molar-refractivity contribution >= 4 is 17.9 Å². The molecule has 0 aliphatic rings.